The predicted molar refractivity (Wildman–Crippen MR) is 102 cm³/mol. The molecule has 6 nitrogen and oxygen atoms in total. The zero-order valence-electron chi connectivity index (χ0n) is 15.4. The minimum atomic E-state index is -0.0166. The quantitative estimate of drug-likeness (QED) is 0.748. The first kappa shape index (κ1) is 17.5. The van der Waals surface area contributed by atoms with Gasteiger partial charge in [-0.25, -0.2) is 0 Å². The monoisotopic (exact) mass is 365 g/mol. The molecule has 2 heterocycles. The second kappa shape index (κ2) is 7.78. The van der Waals surface area contributed by atoms with Crippen molar-refractivity contribution in [1.82, 2.24) is 15.5 Å². The highest BCUT2D eigenvalue weighted by atomic mass is 16.5. The van der Waals surface area contributed by atoms with E-state index in [-0.39, 0.29) is 24.5 Å². The van der Waals surface area contributed by atoms with Crippen molar-refractivity contribution >= 4 is 16.7 Å². The molecule has 1 saturated carbocycles. The zero-order valence-corrected chi connectivity index (χ0v) is 15.4. The van der Waals surface area contributed by atoms with Crippen LogP contribution in [0.3, 0.4) is 0 Å². The van der Waals surface area contributed by atoms with E-state index in [1.165, 1.54) is 0 Å². The molecule has 1 amide bonds. The fourth-order valence-electron chi connectivity index (χ4n) is 3.64. The number of benzene rings is 1. The lowest BCUT2D eigenvalue weighted by Crippen LogP contribution is -2.40. The molecule has 1 fully saturated rings. The number of rotatable bonds is 5. The number of pyridine rings is 1. The Morgan fingerprint density at radius 1 is 1.26 bits per heavy atom. The van der Waals surface area contributed by atoms with E-state index in [1.54, 1.807) is 12.3 Å². The van der Waals surface area contributed by atoms with E-state index in [0.29, 0.717) is 5.76 Å². The predicted octanol–water partition coefficient (Wildman–Crippen LogP) is 3.58. The topological polar surface area (TPSA) is 77.2 Å². The average molecular weight is 365 g/mol. The zero-order chi connectivity index (χ0) is 18.6. The van der Waals surface area contributed by atoms with Gasteiger partial charge in [0.2, 0.25) is 5.91 Å². The molecule has 1 aliphatic carbocycles. The number of carbonyl (C=O) groups is 1. The molecule has 140 valence electrons. The summed E-state index contributed by atoms with van der Waals surface area (Å²) in [6, 6.07) is 10.0. The van der Waals surface area contributed by atoms with Crippen molar-refractivity contribution in [3.63, 3.8) is 0 Å². The molecule has 0 saturated heterocycles. The van der Waals surface area contributed by atoms with E-state index >= 15 is 0 Å². The molecule has 2 aromatic heterocycles. The number of nitrogens with zero attached hydrogens (tertiary/aromatic N) is 2. The highest BCUT2D eigenvalue weighted by molar-refractivity contribution is 5.87. The van der Waals surface area contributed by atoms with Gasteiger partial charge in [0.05, 0.1) is 18.2 Å². The number of nitrogens with one attached hydrogen (secondary N) is 1. The van der Waals surface area contributed by atoms with E-state index in [4.69, 9.17) is 9.26 Å². The van der Waals surface area contributed by atoms with Gasteiger partial charge in [-0.15, -0.1) is 0 Å². The van der Waals surface area contributed by atoms with Gasteiger partial charge in [-0.05, 0) is 44.7 Å². The van der Waals surface area contributed by atoms with Crippen molar-refractivity contribution < 1.29 is 14.1 Å². The van der Waals surface area contributed by atoms with Gasteiger partial charge in [0, 0.05) is 35.3 Å². The molecule has 4 rings (SSSR count). The van der Waals surface area contributed by atoms with Crippen LogP contribution in [0.15, 0.2) is 47.2 Å². The Bertz CT molecular complexity index is 924. The lowest BCUT2D eigenvalue weighted by molar-refractivity contribution is -0.121. The standard InChI is InChI=1S/C21H23N3O3/c1-14-11-18(27-24-14)12-21(25)23-16-5-7-17(8-6-16)26-20-4-2-3-15-13-22-10-9-19(15)20/h2-4,9-11,13,16-17H,5-8,12H2,1H3,(H,23,25). The fraction of sp³-hybridized carbons (Fsp3) is 0.381. The van der Waals surface area contributed by atoms with Crippen LogP contribution < -0.4 is 10.1 Å². The molecule has 1 aromatic carbocycles. The molecule has 0 bridgehead atoms. The molecule has 0 unspecified atom stereocenters. The van der Waals surface area contributed by atoms with E-state index < -0.39 is 0 Å². The Hall–Kier alpha value is -2.89. The van der Waals surface area contributed by atoms with Crippen LogP contribution >= 0.6 is 0 Å². The Balaban J connectivity index is 1.29. The largest absolute Gasteiger partial charge is 0.490 e. The third-order valence-electron chi connectivity index (χ3n) is 4.99. The first-order valence-corrected chi connectivity index (χ1v) is 9.38. The summed E-state index contributed by atoms with van der Waals surface area (Å²) >= 11 is 0. The first-order valence-electron chi connectivity index (χ1n) is 9.38. The lowest BCUT2D eigenvalue weighted by Gasteiger charge is -2.29. The molecule has 0 spiro atoms. The maximum atomic E-state index is 12.2. The first-order chi connectivity index (χ1) is 13.2. The number of aryl methyl sites for hydroxylation is 1. The highest BCUT2D eigenvalue weighted by Crippen LogP contribution is 2.29. The van der Waals surface area contributed by atoms with Crippen LogP contribution in [0.2, 0.25) is 0 Å². The summed E-state index contributed by atoms with van der Waals surface area (Å²) < 4.78 is 11.4. The number of aromatic nitrogens is 2. The van der Waals surface area contributed by atoms with Crippen LogP contribution in [0.25, 0.3) is 10.8 Å². The average Bonchev–Trinajstić information content (AvgIpc) is 3.08. The van der Waals surface area contributed by atoms with Crippen LogP contribution in [0.5, 0.6) is 5.75 Å². The van der Waals surface area contributed by atoms with Crippen molar-refractivity contribution in [1.29, 1.82) is 0 Å². The highest BCUT2D eigenvalue weighted by Gasteiger charge is 2.24. The summed E-state index contributed by atoms with van der Waals surface area (Å²) in [7, 11) is 0. The molecule has 0 radical (unpaired) electrons. The number of amides is 1. The number of hydrogen-bond donors (Lipinski definition) is 1. The van der Waals surface area contributed by atoms with Gasteiger partial charge < -0.3 is 14.6 Å². The third-order valence-corrected chi connectivity index (χ3v) is 4.99. The normalized spacial score (nSPS) is 19.7. The molecular formula is C21H23N3O3. The van der Waals surface area contributed by atoms with Crippen molar-refractivity contribution in [2.45, 2.75) is 51.2 Å². The number of hydrogen-bond acceptors (Lipinski definition) is 5. The number of ether oxygens (including phenoxy) is 1. The van der Waals surface area contributed by atoms with E-state index in [0.717, 1.165) is 47.9 Å². The Kier molecular flexibility index (Phi) is 5.05. The number of fused-ring (bicyclic) bond motifs is 1. The van der Waals surface area contributed by atoms with E-state index in [2.05, 4.69) is 15.5 Å². The molecule has 27 heavy (non-hydrogen) atoms. The van der Waals surface area contributed by atoms with Gasteiger partial charge in [0.25, 0.3) is 0 Å². The molecular weight excluding hydrogens is 342 g/mol. The summed E-state index contributed by atoms with van der Waals surface area (Å²) in [5.41, 5.74) is 0.791. The maximum absolute atomic E-state index is 12.2. The van der Waals surface area contributed by atoms with E-state index in [9.17, 15) is 4.79 Å². The lowest BCUT2D eigenvalue weighted by atomic mass is 9.92. The summed E-state index contributed by atoms with van der Waals surface area (Å²) in [4.78, 5) is 16.3. The van der Waals surface area contributed by atoms with E-state index in [1.807, 2.05) is 37.4 Å². The Morgan fingerprint density at radius 2 is 2.11 bits per heavy atom. The van der Waals surface area contributed by atoms with Crippen LogP contribution in [0.4, 0.5) is 0 Å². The minimum absolute atomic E-state index is 0.0166. The smallest absolute Gasteiger partial charge is 0.227 e. The second-order valence-electron chi connectivity index (χ2n) is 7.12. The molecule has 0 aliphatic heterocycles. The van der Waals surface area contributed by atoms with Crippen LogP contribution in [-0.4, -0.2) is 28.2 Å². The molecule has 1 N–H and O–H groups in total. The van der Waals surface area contributed by atoms with Gasteiger partial charge in [-0.2, -0.15) is 0 Å². The Morgan fingerprint density at radius 3 is 2.89 bits per heavy atom. The molecule has 3 aromatic rings. The summed E-state index contributed by atoms with van der Waals surface area (Å²) in [5, 5.41) is 9.08. The van der Waals surface area contributed by atoms with Gasteiger partial charge >= 0.3 is 0 Å². The van der Waals surface area contributed by atoms with Gasteiger partial charge in [-0.1, -0.05) is 17.3 Å². The van der Waals surface area contributed by atoms with Crippen molar-refractivity contribution in [3.05, 3.63) is 54.2 Å². The minimum Gasteiger partial charge on any atom is -0.490 e. The van der Waals surface area contributed by atoms with Crippen LogP contribution in [0, 0.1) is 6.92 Å². The van der Waals surface area contributed by atoms with Gasteiger partial charge in [0.1, 0.15) is 11.5 Å². The third kappa shape index (κ3) is 4.27. The second-order valence-corrected chi connectivity index (χ2v) is 7.12. The summed E-state index contributed by atoms with van der Waals surface area (Å²) in [5.74, 6) is 1.49. The molecule has 1 aliphatic rings. The van der Waals surface area contributed by atoms with Gasteiger partial charge in [0.15, 0.2) is 0 Å². The van der Waals surface area contributed by atoms with Crippen LogP contribution in [0.1, 0.15) is 37.1 Å². The van der Waals surface area contributed by atoms with Crippen molar-refractivity contribution in [2.75, 3.05) is 0 Å². The molecule has 0 atom stereocenters. The fourth-order valence-corrected chi connectivity index (χ4v) is 3.64. The van der Waals surface area contributed by atoms with Crippen molar-refractivity contribution in [3.8, 4) is 5.75 Å². The van der Waals surface area contributed by atoms with Crippen LogP contribution in [-0.2, 0) is 11.2 Å². The Labute approximate surface area is 157 Å². The maximum Gasteiger partial charge on any atom is 0.227 e. The summed E-state index contributed by atoms with van der Waals surface area (Å²) in [6.45, 7) is 1.85. The number of carbonyl (C=O) groups excluding carboxylic acids is 1. The van der Waals surface area contributed by atoms with Crippen molar-refractivity contribution in [2.24, 2.45) is 0 Å². The molecule has 6 heteroatoms. The SMILES string of the molecule is Cc1cc(CC(=O)NC2CCC(Oc3cccc4cnccc34)CC2)on1. The summed E-state index contributed by atoms with van der Waals surface area (Å²) in [6.07, 6.45) is 7.73. The van der Waals surface area contributed by atoms with Gasteiger partial charge in [-0.3, -0.25) is 9.78 Å².